The molecule has 1 aliphatic heterocycles. The average Bonchev–Trinajstić information content (AvgIpc) is 2.93. The van der Waals surface area contributed by atoms with Gasteiger partial charge < -0.3 is 14.2 Å². The molecular formula is C32H40F4O3. The first kappa shape index (κ1) is 29.4. The minimum atomic E-state index is -4.84. The summed E-state index contributed by atoms with van der Waals surface area (Å²) in [6, 6.07) is 11.0. The molecule has 1 aliphatic carbocycles. The Morgan fingerprint density at radius 2 is 1.62 bits per heavy atom. The fourth-order valence-corrected chi connectivity index (χ4v) is 5.87. The predicted molar refractivity (Wildman–Crippen MR) is 146 cm³/mol. The second-order valence-electron chi connectivity index (χ2n) is 10.7. The SMILES string of the molecule is CCCCOc1ccc(/C=C/C2CCC(C3CCC(c4ccc(OCC)cc4)CC3)CO2)c(F)c1C(F)(F)F. The second-order valence-corrected chi connectivity index (χ2v) is 10.7. The van der Waals surface area contributed by atoms with Crippen LogP contribution in [0.2, 0.25) is 0 Å². The Morgan fingerprint density at radius 3 is 2.23 bits per heavy atom. The molecule has 0 N–H and O–H groups in total. The van der Waals surface area contributed by atoms with E-state index < -0.39 is 23.3 Å². The van der Waals surface area contributed by atoms with Crippen LogP contribution in [-0.2, 0) is 10.9 Å². The molecule has 2 aromatic carbocycles. The van der Waals surface area contributed by atoms with E-state index in [1.807, 2.05) is 13.8 Å². The van der Waals surface area contributed by atoms with Crippen LogP contribution in [-0.4, -0.2) is 25.9 Å². The number of halogens is 4. The molecule has 3 nitrogen and oxygen atoms in total. The van der Waals surface area contributed by atoms with Crippen molar-refractivity contribution in [2.75, 3.05) is 19.8 Å². The summed E-state index contributed by atoms with van der Waals surface area (Å²) in [6.45, 7) is 5.32. The molecule has 0 amide bonds. The van der Waals surface area contributed by atoms with Gasteiger partial charge in [0.2, 0.25) is 0 Å². The van der Waals surface area contributed by atoms with E-state index in [0.717, 1.165) is 37.9 Å². The van der Waals surface area contributed by atoms with E-state index in [2.05, 4.69) is 24.3 Å². The summed E-state index contributed by atoms with van der Waals surface area (Å²) in [7, 11) is 0. The van der Waals surface area contributed by atoms with Gasteiger partial charge in [-0.1, -0.05) is 37.6 Å². The van der Waals surface area contributed by atoms with Crippen LogP contribution in [0, 0.1) is 17.7 Å². The highest BCUT2D eigenvalue weighted by atomic mass is 19.4. The number of hydrogen-bond acceptors (Lipinski definition) is 3. The van der Waals surface area contributed by atoms with Crippen molar-refractivity contribution in [1.82, 2.24) is 0 Å². The van der Waals surface area contributed by atoms with E-state index >= 15 is 0 Å². The molecule has 2 aromatic rings. The first-order valence-electron chi connectivity index (χ1n) is 14.3. The molecule has 2 atom stereocenters. The van der Waals surface area contributed by atoms with Crippen molar-refractivity contribution in [2.24, 2.45) is 11.8 Å². The van der Waals surface area contributed by atoms with Gasteiger partial charge in [0, 0.05) is 5.56 Å². The third-order valence-electron chi connectivity index (χ3n) is 8.11. The smallest absolute Gasteiger partial charge is 0.422 e. The van der Waals surface area contributed by atoms with Gasteiger partial charge >= 0.3 is 6.18 Å². The van der Waals surface area contributed by atoms with E-state index in [1.165, 1.54) is 36.6 Å². The third kappa shape index (κ3) is 7.77. The van der Waals surface area contributed by atoms with Crippen molar-refractivity contribution in [2.45, 2.75) is 83.4 Å². The zero-order chi connectivity index (χ0) is 27.8. The van der Waals surface area contributed by atoms with Crippen LogP contribution in [0.4, 0.5) is 17.6 Å². The van der Waals surface area contributed by atoms with E-state index in [9.17, 15) is 17.6 Å². The number of hydrogen-bond donors (Lipinski definition) is 0. The topological polar surface area (TPSA) is 27.7 Å². The zero-order valence-electron chi connectivity index (χ0n) is 22.9. The minimum absolute atomic E-state index is 0.108. The van der Waals surface area contributed by atoms with Crippen LogP contribution in [0.5, 0.6) is 11.5 Å². The van der Waals surface area contributed by atoms with Gasteiger partial charge in [0.1, 0.15) is 22.9 Å². The maximum atomic E-state index is 14.9. The normalized spacial score (nSPS) is 24.2. The maximum absolute atomic E-state index is 14.9. The highest BCUT2D eigenvalue weighted by Gasteiger charge is 2.39. The summed E-state index contributed by atoms with van der Waals surface area (Å²) in [5.74, 6) is 0.849. The molecular weight excluding hydrogens is 508 g/mol. The molecule has 0 aromatic heterocycles. The van der Waals surface area contributed by atoms with Crippen LogP contribution in [0.1, 0.15) is 87.8 Å². The molecule has 1 saturated carbocycles. The van der Waals surface area contributed by atoms with Gasteiger partial charge in [-0.3, -0.25) is 0 Å². The molecule has 1 heterocycles. The monoisotopic (exact) mass is 548 g/mol. The van der Waals surface area contributed by atoms with Crippen molar-refractivity contribution in [1.29, 1.82) is 0 Å². The Labute approximate surface area is 229 Å². The largest absolute Gasteiger partial charge is 0.494 e. The molecule has 214 valence electrons. The fourth-order valence-electron chi connectivity index (χ4n) is 5.87. The summed E-state index contributed by atoms with van der Waals surface area (Å²) >= 11 is 0. The lowest BCUT2D eigenvalue weighted by atomic mass is 9.72. The molecule has 2 fully saturated rings. The van der Waals surface area contributed by atoms with Gasteiger partial charge in [-0.05, 0) is 99.5 Å². The van der Waals surface area contributed by atoms with Gasteiger partial charge in [0.25, 0.3) is 0 Å². The van der Waals surface area contributed by atoms with Crippen molar-refractivity contribution >= 4 is 6.08 Å². The Bertz CT molecular complexity index is 1060. The van der Waals surface area contributed by atoms with E-state index in [0.29, 0.717) is 37.4 Å². The van der Waals surface area contributed by atoms with Gasteiger partial charge in [-0.15, -0.1) is 0 Å². The van der Waals surface area contributed by atoms with E-state index in [-0.39, 0.29) is 18.3 Å². The molecule has 0 spiro atoms. The van der Waals surface area contributed by atoms with Crippen molar-refractivity contribution in [3.63, 3.8) is 0 Å². The molecule has 1 saturated heterocycles. The van der Waals surface area contributed by atoms with Crippen molar-refractivity contribution < 1.29 is 31.8 Å². The van der Waals surface area contributed by atoms with Crippen molar-refractivity contribution in [3.8, 4) is 11.5 Å². The number of rotatable bonds is 10. The van der Waals surface area contributed by atoms with Crippen LogP contribution in [0.25, 0.3) is 6.08 Å². The molecule has 7 heteroatoms. The number of alkyl halides is 3. The quantitative estimate of drug-likeness (QED) is 0.219. The van der Waals surface area contributed by atoms with Gasteiger partial charge in [0.15, 0.2) is 0 Å². The predicted octanol–water partition coefficient (Wildman–Crippen LogP) is 9.20. The number of ether oxygens (including phenoxy) is 3. The van der Waals surface area contributed by atoms with Gasteiger partial charge in [-0.2, -0.15) is 13.2 Å². The zero-order valence-corrected chi connectivity index (χ0v) is 22.9. The standard InChI is InChI=1S/C32H40F4O3/c1-3-5-20-38-29-19-14-25(31(33)30(29)32(34,35)36)12-17-28-18-13-26(21-39-28)24-8-6-22(7-9-24)23-10-15-27(16-11-23)37-4-2/h10-12,14-17,19,22,24,26,28H,3-9,13,18,20-21H2,1-2H3/b17-12+. The highest BCUT2D eigenvalue weighted by molar-refractivity contribution is 5.56. The Kier molecular flexibility index (Phi) is 10.3. The van der Waals surface area contributed by atoms with E-state index in [1.54, 1.807) is 6.08 Å². The van der Waals surface area contributed by atoms with Crippen LogP contribution < -0.4 is 9.47 Å². The number of unbranched alkanes of at least 4 members (excludes halogenated alkanes) is 1. The lowest BCUT2D eigenvalue weighted by Crippen LogP contribution is -2.31. The summed E-state index contributed by atoms with van der Waals surface area (Å²) < 4.78 is 72.6. The average molecular weight is 549 g/mol. The van der Waals surface area contributed by atoms with Gasteiger partial charge in [-0.25, -0.2) is 4.39 Å². The molecule has 2 unspecified atom stereocenters. The second kappa shape index (κ2) is 13.7. The lowest BCUT2D eigenvalue weighted by Gasteiger charge is -2.37. The molecule has 2 aliphatic rings. The van der Waals surface area contributed by atoms with Crippen LogP contribution >= 0.6 is 0 Å². The molecule has 0 radical (unpaired) electrons. The highest BCUT2D eigenvalue weighted by Crippen LogP contribution is 2.42. The Hall–Kier alpha value is -2.54. The summed E-state index contributed by atoms with van der Waals surface area (Å²) in [4.78, 5) is 0. The molecule has 0 bridgehead atoms. The van der Waals surface area contributed by atoms with Crippen molar-refractivity contribution in [3.05, 3.63) is 65.0 Å². The maximum Gasteiger partial charge on any atom is 0.422 e. The van der Waals surface area contributed by atoms with E-state index in [4.69, 9.17) is 14.2 Å². The first-order chi connectivity index (χ1) is 18.8. The van der Waals surface area contributed by atoms with Crippen LogP contribution in [0.3, 0.4) is 0 Å². The molecule has 39 heavy (non-hydrogen) atoms. The van der Waals surface area contributed by atoms with Gasteiger partial charge in [0.05, 0.1) is 25.9 Å². The third-order valence-corrected chi connectivity index (χ3v) is 8.11. The van der Waals surface area contributed by atoms with Crippen LogP contribution in [0.15, 0.2) is 42.5 Å². The first-order valence-corrected chi connectivity index (χ1v) is 14.3. The summed E-state index contributed by atoms with van der Waals surface area (Å²) in [6.07, 6.45) is 5.88. The number of benzene rings is 2. The molecule has 4 rings (SSSR count). The summed E-state index contributed by atoms with van der Waals surface area (Å²) in [5.41, 5.74) is -0.0711. The fraction of sp³-hybridized carbons (Fsp3) is 0.562. The Balaban J connectivity index is 1.29. The lowest BCUT2D eigenvalue weighted by molar-refractivity contribution is -0.141. The minimum Gasteiger partial charge on any atom is -0.494 e. The Morgan fingerprint density at radius 1 is 0.897 bits per heavy atom. The summed E-state index contributed by atoms with van der Waals surface area (Å²) in [5, 5.41) is 0.